The van der Waals surface area contributed by atoms with E-state index in [1.54, 1.807) is 24.3 Å². The molecular formula is C21H19F5O4. The molecule has 162 valence electrons. The van der Waals surface area contributed by atoms with Gasteiger partial charge in [0.1, 0.15) is 0 Å². The van der Waals surface area contributed by atoms with Crippen LogP contribution >= 0.6 is 0 Å². The van der Waals surface area contributed by atoms with E-state index in [-0.39, 0.29) is 11.0 Å². The SMILES string of the molecule is CCC12COC(c3ccc(-c4cc(F)c(OCC(F)(F)F)c(F)c4)cc3)(OC1)OC2. The molecule has 3 fully saturated rings. The van der Waals surface area contributed by atoms with Crippen LogP contribution in [0.15, 0.2) is 36.4 Å². The van der Waals surface area contributed by atoms with Crippen molar-refractivity contribution < 1.29 is 40.9 Å². The summed E-state index contributed by atoms with van der Waals surface area (Å²) in [4.78, 5) is 0. The van der Waals surface area contributed by atoms with Crippen LogP contribution in [0.3, 0.4) is 0 Å². The zero-order valence-electron chi connectivity index (χ0n) is 16.0. The summed E-state index contributed by atoms with van der Waals surface area (Å²) < 4.78 is 86.7. The van der Waals surface area contributed by atoms with Gasteiger partial charge in [-0.15, -0.1) is 0 Å². The van der Waals surface area contributed by atoms with Gasteiger partial charge in [-0.2, -0.15) is 13.2 Å². The Kier molecular flexibility index (Phi) is 5.24. The van der Waals surface area contributed by atoms with Crippen molar-refractivity contribution in [1.82, 2.24) is 0 Å². The summed E-state index contributed by atoms with van der Waals surface area (Å²) in [5.74, 6) is -4.81. The largest absolute Gasteiger partial charge is 0.478 e. The fourth-order valence-corrected chi connectivity index (χ4v) is 3.44. The zero-order chi connectivity index (χ0) is 21.6. The number of fused-ring (bicyclic) bond motifs is 3. The van der Waals surface area contributed by atoms with Gasteiger partial charge in [0, 0.05) is 11.0 Å². The molecule has 2 aromatic rings. The minimum absolute atomic E-state index is 0.146. The lowest BCUT2D eigenvalue weighted by Gasteiger charge is -2.51. The summed E-state index contributed by atoms with van der Waals surface area (Å²) in [7, 11) is 0. The van der Waals surface area contributed by atoms with Crippen LogP contribution in [0.1, 0.15) is 18.9 Å². The minimum atomic E-state index is -4.70. The molecule has 0 aromatic heterocycles. The van der Waals surface area contributed by atoms with Crippen molar-refractivity contribution in [2.45, 2.75) is 25.5 Å². The average Bonchev–Trinajstić information content (AvgIpc) is 2.74. The van der Waals surface area contributed by atoms with Crippen molar-refractivity contribution in [3.8, 4) is 16.9 Å². The Bertz CT molecular complexity index is 878. The summed E-state index contributed by atoms with van der Waals surface area (Å²) in [6.45, 7) is 1.76. The lowest BCUT2D eigenvalue weighted by atomic mass is 9.85. The molecule has 2 bridgehead atoms. The van der Waals surface area contributed by atoms with E-state index in [0.717, 1.165) is 18.6 Å². The van der Waals surface area contributed by atoms with Gasteiger partial charge in [-0.1, -0.05) is 31.2 Å². The Morgan fingerprint density at radius 2 is 1.43 bits per heavy atom. The van der Waals surface area contributed by atoms with Crippen molar-refractivity contribution in [2.24, 2.45) is 5.41 Å². The molecule has 0 spiro atoms. The van der Waals surface area contributed by atoms with Gasteiger partial charge in [0.25, 0.3) is 0 Å². The maximum Gasteiger partial charge on any atom is 0.422 e. The first-order chi connectivity index (χ1) is 14.2. The molecule has 5 rings (SSSR count). The third kappa shape index (κ3) is 3.89. The Hall–Kier alpha value is -2.23. The predicted octanol–water partition coefficient (Wildman–Crippen LogP) is 5.16. The summed E-state index contributed by atoms with van der Waals surface area (Å²) in [5, 5.41) is 0. The van der Waals surface area contributed by atoms with E-state index in [4.69, 9.17) is 14.2 Å². The molecule has 3 aliphatic rings. The highest BCUT2D eigenvalue weighted by Gasteiger charge is 2.52. The van der Waals surface area contributed by atoms with E-state index < -0.39 is 36.1 Å². The average molecular weight is 430 g/mol. The third-order valence-corrected chi connectivity index (χ3v) is 5.41. The van der Waals surface area contributed by atoms with E-state index in [0.29, 0.717) is 30.9 Å². The third-order valence-electron chi connectivity index (χ3n) is 5.41. The first-order valence-electron chi connectivity index (χ1n) is 9.37. The van der Waals surface area contributed by atoms with Gasteiger partial charge in [-0.25, -0.2) is 8.78 Å². The van der Waals surface area contributed by atoms with Crippen LogP contribution in [0.4, 0.5) is 22.0 Å². The first kappa shape index (κ1) is 21.0. The fraction of sp³-hybridized carbons (Fsp3) is 0.429. The molecule has 0 unspecified atom stereocenters. The Labute approximate surface area is 169 Å². The lowest BCUT2D eigenvalue weighted by Crippen LogP contribution is -2.58. The van der Waals surface area contributed by atoms with Gasteiger partial charge < -0.3 is 18.9 Å². The number of hydrogen-bond donors (Lipinski definition) is 0. The van der Waals surface area contributed by atoms with Crippen LogP contribution in [-0.4, -0.2) is 32.6 Å². The molecule has 3 aliphatic heterocycles. The van der Waals surface area contributed by atoms with Gasteiger partial charge in [-0.05, 0) is 29.7 Å². The van der Waals surface area contributed by atoms with E-state index in [1.165, 1.54) is 0 Å². The van der Waals surface area contributed by atoms with Crippen LogP contribution < -0.4 is 4.74 Å². The highest BCUT2D eigenvalue weighted by atomic mass is 19.4. The molecule has 4 nitrogen and oxygen atoms in total. The summed E-state index contributed by atoms with van der Waals surface area (Å²) in [5.41, 5.74) is 1.05. The second-order valence-corrected chi connectivity index (χ2v) is 7.53. The molecule has 0 atom stereocenters. The van der Waals surface area contributed by atoms with Crippen molar-refractivity contribution >= 4 is 0 Å². The van der Waals surface area contributed by atoms with E-state index >= 15 is 0 Å². The predicted molar refractivity (Wildman–Crippen MR) is 95.6 cm³/mol. The van der Waals surface area contributed by atoms with Gasteiger partial charge >= 0.3 is 12.1 Å². The number of hydrogen-bond acceptors (Lipinski definition) is 4. The van der Waals surface area contributed by atoms with E-state index in [9.17, 15) is 22.0 Å². The number of ether oxygens (including phenoxy) is 4. The van der Waals surface area contributed by atoms with Crippen molar-refractivity contribution in [3.63, 3.8) is 0 Å². The fourth-order valence-electron chi connectivity index (χ4n) is 3.44. The molecule has 3 heterocycles. The smallest absolute Gasteiger partial charge is 0.422 e. The van der Waals surface area contributed by atoms with Crippen LogP contribution in [0.5, 0.6) is 5.75 Å². The molecule has 0 N–H and O–H groups in total. The second kappa shape index (κ2) is 7.47. The zero-order valence-corrected chi connectivity index (χ0v) is 16.0. The summed E-state index contributed by atoms with van der Waals surface area (Å²) in [6.07, 6.45) is -3.84. The van der Waals surface area contributed by atoms with Gasteiger partial charge in [0.15, 0.2) is 24.0 Å². The van der Waals surface area contributed by atoms with E-state index in [2.05, 4.69) is 4.74 Å². The van der Waals surface area contributed by atoms with Crippen LogP contribution in [-0.2, 0) is 20.2 Å². The first-order valence-corrected chi connectivity index (χ1v) is 9.37. The maximum atomic E-state index is 14.1. The second-order valence-electron chi connectivity index (χ2n) is 7.53. The molecule has 0 saturated carbocycles. The molecule has 3 saturated heterocycles. The van der Waals surface area contributed by atoms with Crippen molar-refractivity contribution in [1.29, 1.82) is 0 Å². The van der Waals surface area contributed by atoms with Gasteiger partial charge in [0.05, 0.1) is 19.8 Å². The molecule has 30 heavy (non-hydrogen) atoms. The molecule has 9 heteroatoms. The highest BCUT2D eigenvalue weighted by Crippen LogP contribution is 2.46. The quantitative estimate of drug-likeness (QED) is 0.615. The number of halogens is 5. The molecule has 0 radical (unpaired) electrons. The normalized spacial score (nSPS) is 26.1. The topological polar surface area (TPSA) is 36.9 Å². The van der Waals surface area contributed by atoms with Gasteiger partial charge in [-0.3, -0.25) is 0 Å². The number of alkyl halides is 3. The van der Waals surface area contributed by atoms with Crippen LogP contribution in [0, 0.1) is 17.0 Å². The maximum absolute atomic E-state index is 14.1. The van der Waals surface area contributed by atoms with Crippen molar-refractivity contribution in [2.75, 3.05) is 26.4 Å². The van der Waals surface area contributed by atoms with E-state index in [1.807, 2.05) is 6.92 Å². The van der Waals surface area contributed by atoms with Crippen molar-refractivity contribution in [3.05, 3.63) is 53.6 Å². The number of rotatable bonds is 5. The highest BCUT2D eigenvalue weighted by molar-refractivity contribution is 5.65. The minimum Gasteiger partial charge on any atom is -0.478 e. The Morgan fingerprint density at radius 1 is 0.900 bits per heavy atom. The number of benzene rings is 2. The Balaban J connectivity index is 1.54. The lowest BCUT2D eigenvalue weighted by molar-refractivity contribution is -0.480. The van der Waals surface area contributed by atoms with Crippen LogP contribution in [0.2, 0.25) is 0 Å². The summed E-state index contributed by atoms with van der Waals surface area (Å²) >= 11 is 0. The molecule has 0 aliphatic carbocycles. The Morgan fingerprint density at radius 3 is 1.90 bits per heavy atom. The monoisotopic (exact) mass is 430 g/mol. The van der Waals surface area contributed by atoms with Crippen LogP contribution in [0.25, 0.3) is 11.1 Å². The molecular weight excluding hydrogens is 411 g/mol. The standard InChI is InChI=1S/C21H19F5O4/c1-2-19-9-28-21(29-10-19,30-11-19)15-5-3-13(4-6-15)14-7-16(22)18(17(23)8-14)27-12-20(24,25)26/h3-8H,2,9-12H2,1H3. The molecule has 2 aromatic carbocycles. The molecule has 0 amide bonds. The summed E-state index contributed by atoms with van der Waals surface area (Å²) in [6, 6.07) is 8.35. The van der Waals surface area contributed by atoms with Gasteiger partial charge in [0.2, 0.25) is 0 Å².